The Labute approximate surface area is 147 Å². The molecule has 0 bridgehead atoms. The third-order valence-corrected chi connectivity index (χ3v) is 4.64. The van der Waals surface area contributed by atoms with Crippen LogP contribution in [-0.4, -0.2) is 73.3 Å². The zero-order valence-corrected chi connectivity index (χ0v) is 14.5. The zero-order valence-electron chi connectivity index (χ0n) is 13.7. The molecule has 0 radical (unpaired) electrons. The van der Waals surface area contributed by atoms with Gasteiger partial charge in [0.2, 0.25) is 11.0 Å². The highest BCUT2D eigenvalue weighted by molar-refractivity contribution is 7.13. The van der Waals surface area contributed by atoms with Crippen molar-refractivity contribution in [2.45, 2.75) is 6.92 Å². The van der Waals surface area contributed by atoms with Crippen LogP contribution in [0.4, 0.5) is 10.9 Å². The van der Waals surface area contributed by atoms with Gasteiger partial charge in [0.15, 0.2) is 0 Å². The number of hydrogen-bond acceptors (Lipinski definition) is 9. The van der Waals surface area contributed by atoms with E-state index < -0.39 is 0 Å². The molecule has 0 atom stereocenters. The number of nitrogens with one attached hydrogen (secondary N) is 1. The summed E-state index contributed by atoms with van der Waals surface area (Å²) >= 11 is 1.31. The summed E-state index contributed by atoms with van der Waals surface area (Å²) in [5, 5.41) is 15.1. The summed E-state index contributed by atoms with van der Waals surface area (Å²) < 4.78 is 1.75. The number of anilines is 2. The van der Waals surface area contributed by atoms with Gasteiger partial charge < -0.3 is 4.90 Å². The molecule has 10 nitrogen and oxygen atoms in total. The Morgan fingerprint density at radius 3 is 2.92 bits per heavy atom. The lowest BCUT2D eigenvalue weighted by atomic mass is 10.3. The van der Waals surface area contributed by atoms with Crippen LogP contribution in [0, 0.1) is 6.92 Å². The molecule has 4 rings (SSSR count). The fraction of sp³-hybridized carbons (Fsp3) is 0.429. The van der Waals surface area contributed by atoms with Crippen LogP contribution in [0.2, 0.25) is 0 Å². The maximum absolute atomic E-state index is 12.1. The fourth-order valence-electron chi connectivity index (χ4n) is 2.86. The highest BCUT2D eigenvalue weighted by Crippen LogP contribution is 2.18. The number of amides is 1. The minimum absolute atomic E-state index is 0.0661. The Bertz CT molecular complexity index is 870. The van der Waals surface area contributed by atoms with Crippen molar-refractivity contribution in [3.05, 3.63) is 23.6 Å². The summed E-state index contributed by atoms with van der Waals surface area (Å²) in [7, 11) is 0. The molecule has 1 fully saturated rings. The van der Waals surface area contributed by atoms with Crippen molar-refractivity contribution in [1.82, 2.24) is 34.7 Å². The third kappa shape index (κ3) is 3.42. The minimum atomic E-state index is -0.0661. The number of carbonyl (C=O) groups excluding carboxylic acids is 1. The van der Waals surface area contributed by atoms with E-state index in [2.05, 4.69) is 40.4 Å². The summed E-state index contributed by atoms with van der Waals surface area (Å²) in [6.07, 6.45) is 1.51. The smallest absolute Gasteiger partial charge is 0.254 e. The predicted molar refractivity (Wildman–Crippen MR) is 92.7 cm³/mol. The zero-order chi connectivity index (χ0) is 17.2. The SMILES string of the molecule is Cc1cc(N2CCN(CC(=O)Nc3nncs3)CC2)n2ncnc2n1. The number of carbonyl (C=O) groups is 1. The first-order valence-corrected chi connectivity index (χ1v) is 8.78. The lowest BCUT2D eigenvalue weighted by Crippen LogP contribution is -2.49. The lowest BCUT2D eigenvalue weighted by molar-refractivity contribution is -0.117. The van der Waals surface area contributed by atoms with E-state index >= 15 is 0 Å². The summed E-state index contributed by atoms with van der Waals surface area (Å²) in [5.74, 6) is 1.52. The van der Waals surface area contributed by atoms with Gasteiger partial charge in [-0.25, -0.2) is 4.98 Å². The van der Waals surface area contributed by atoms with E-state index in [9.17, 15) is 4.79 Å². The molecule has 1 N–H and O–H groups in total. The van der Waals surface area contributed by atoms with Crippen molar-refractivity contribution in [2.24, 2.45) is 0 Å². The van der Waals surface area contributed by atoms with Crippen molar-refractivity contribution in [1.29, 1.82) is 0 Å². The summed E-state index contributed by atoms with van der Waals surface area (Å²) in [5.41, 5.74) is 2.50. The normalized spacial score (nSPS) is 15.6. The van der Waals surface area contributed by atoms with Gasteiger partial charge in [0, 0.05) is 37.9 Å². The van der Waals surface area contributed by atoms with Crippen molar-refractivity contribution in [3.8, 4) is 0 Å². The highest BCUT2D eigenvalue weighted by atomic mass is 32.1. The Kier molecular flexibility index (Phi) is 4.24. The number of aromatic nitrogens is 6. The van der Waals surface area contributed by atoms with Gasteiger partial charge in [-0.3, -0.25) is 15.0 Å². The van der Waals surface area contributed by atoms with Crippen LogP contribution >= 0.6 is 11.3 Å². The van der Waals surface area contributed by atoms with Crippen LogP contribution in [0.1, 0.15) is 5.69 Å². The lowest BCUT2D eigenvalue weighted by Gasteiger charge is -2.35. The molecule has 0 aliphatic carbocycles. The molecule has 0 spiro atoms. The molecule has 1 aliphatic rings. The van der Waals surface area contributed by atoms with Gasteiger partial charge in [0.25, 0.3) is 5.78 Å². The molecule has 1 amide bonds. The Morgan fingerprint density at radius 1 is 1.32 bits per heavy atom. The fourth-order valence-corrected chi connectivity index (χ4v) is 3.32. The number of piperazine rings is 1. The van der Waals surface area contributed by atoms with E-state index in [4.69, 9.17) is 0 Å². The average Bonchev–Trinajstić information content (AvgIpc) is 3.26. The first kappa shape index (κ1) is 15.8. The van der Waals surface area contributed by atoms with Gasteiger partial charge >= 0.3 is 0 Å². The number of rotatable bonds is 4. The molecule has 0 aromatic carbocycles. The highest BCUT2D eigenvalue weighted by Gasteiger charge is 2.22. The number of hydrogen-bond donors (Lipinski definition) is 1. The molecule has 25 heavy (non-hydrogen) atoms. The predicted octanol–water partition coefficient (Wildman–Crippen LogP) is 0.0449. The van der Waals surface area contributed by atoms with Gasteiger partial charge in [-0.1, -0.05) is 11.3 Å². The van der Waals surface area contributed by atoms with E-state index in [0.29, 0.717) is 17.5 Å². The topological polar surface area (TPSA) is 104 Å². The van der Waals surface area contributed by atoms with Gasteiger partial charge in [0.05, 0.1) is 6.54 Å². The van der Waals surface area contributed by atoms with E-state index in [-0.39, 0.29) is 5.91 Å². The molecule has 4 heterocycles. The molecular formula is C14H17N9OS. The number of fused-ring (bicyclic) bond motifs is 1. The second-order valence-corrected chi connectivity index (χ2v) is 6.62. The molecule has 1 aliphatic heterocycles. The van der Waals surface area contributed by atoms with Crippen LogP contribution in [0.15, 0.2) is 17.9 Å². The van der Waals surface area contributed by atoms with E-state index in [1.165, 1.54) is 17.7 Å². The molecule has 0 unspecified atom stereocenters. The van der Waals surface area contributed by atoms with Gasteiger partial charge in [-0.05, 0) is 6.92 Å². The van der Waals surface area contributed by atoms with Crippen LogP contribution in [0.3, 0.4) is 0 Å². The number of nitrogens with zero attached hydrogens (tertiary/aromatic N) is 8. The Hall–Kier alpha value is -2.66. The van der Waals surface area contributed by atoms with Crippen molar-refractivity contribution in [2.75, 3.05) is 42.9 Å². The Morgan fingerprint density at radius 2 is 2.16 bits per heavy atom. The average molecular weight is 359 g/mol. The molecule has 1 saturated heterocycles. The molecular weight excluding hydrogens is 342 g/mol. The van der Waals surface area contributed by atoms with Crippen molar-refractivity contribution in [3.63, 3.8) is 0 Å². The molecule has 130 valence electrons. The maximum Gasteiger partial charge on any atom is 0.254 e. The first-order chi connectivity index (χ1) is 12.2. The first-order valence-electron chi connectivity index (χ1n) is 7.90. The summed E-state index contributed by atoms with van der Waals surface area (Å²) in [6, 6.07) is 2.01. The van der Waals surface area contributed by atoms with Gasteiger partial charge in [-0.15, -0.1) is 10.2 Å². The summed E-state index contributed by atoms with van der Waals surface area (Å²) in [4.78, 5) is 25.0. The van der Waals surface area contributed by atoms with E-state index in [0.717, 1.165) is 37.7 Å². The van der Waals surface area contributed by atoms with Crippen molar-refractivity contribution < 1.29 is 4.79 Å². The minimum Gasteiger partial charge on any atom is -0.354 e. The van der Waals surface area contributed by atoms with Crippen LogP contribution in [0.5, 0.6) is 0 Å². The molecule has 3 aromatic heterocycles. The van der Waals surface area contributed by atoms with Gasteiger partial charge in [0.1, 0.15) is 17.7 Å². The van der Waals surface area contributed by atoms with Crippen molar-refractivity contribution >= 4 is 34.0 Å². The van der Waals surface area contributed by atoms with Crippen LogP contribution < -0.4 is 10.2 Å². The van der Waals surface area contributed by atoms with Crippen LogP contribution in [0.25, 0.3) is 5.78 Å². The largest absolute Gasteiger partial charge is 0.354 e. The molecule has 0 saturated carbocycles. The Balaban J connectivity index is 1.38. The molecule has 3 aromatic rings. The maximum atomic E-state index is 12.1. The van der Waals surface area contributed by atoms with E-state index in [1.807, 2.05) is 13.0 Å². The third-order valence-electron chi connectivity index (χ3n) is 4.03. The second-order valence-electron chi connectivity index (χ2n) is 5.78. The monoisotopic (exact) mass is 359 g/mol. The van der Waals surface area contributed by atoms with E-state index in [1.54, 1.807) is 10.0 Å². The number of aryl methyl sites for hydroxylation is 1. The van der Waals surface area contributed by atoms with Gasteiger partial charge in [-0.2, -0.15) is 14.6 Å². The molecule has 11 heteroatoms. The summed E-state index contributed by atoms with van der Waals surface area (Å²) in [6.45, 7) is 5.50. The quantitative estimate of drug-likeness (QED) is 0.696. The standard InChI is InChI=1S/C14H17N9OS/c1-10-6-12(23-13(18-10)15-8-17-23)22-4-2-21(3-5-22)7-11(24)19-14-20-16-9-25-14/h6,8-9H,2-5,7H2,1H3,(H,19,20,24). The second kappa shape index (κ2) is 6.69. The van der Waals surface area contributed by atoms with Crippen LogP contribution in [-0.2, 0) is 4.79 Å².